The monoisotopic (exact) mass is 222 g/mol. The lowest BCUT2D eigenvalue weighted by Crippen LogP contribution is -2.50. The van der Waals surface area contributed by atoms with Crippen LogP contribution in [0.2, 0.25) is 0 Å². The zero-order valence-corrected chi connectivity index (χ0v) is 11.2. The predicted molar refractivity (Wildman–Crippen MR) is 66.1 cm³/mol. The van der Waals surface area contributed by atoms with Gasteiger partial charge in [-0.1, -0.05) is 20.8 Å². The zero-order chi connectivity index (χ0) is 11.8. The average Bonchev–Trinajstić information content (AvgIpc) is 2.35. The Kier molecular flexibility index (Phi) is 1.98. The minimum absolute atomic E-state index is 0.348. The molecule has 0 aromatic rings. The lowest BCUT2D eigenvalue weighted by Gasteiger charge is -2.52. The third kappa shape index (κ3) is 1.16. The topological polar surface area (TPSA) is 20.2 Å². The summed E-state index contributed by atoms with van der Waals surface area (Å²) in [5, 5.41) is 10.8. The molecular weight excluding hydrogens is 196 g/mol. The molecule has 16 heavy (non-hydrogen) atoms. The molecule has 0 aromatic carbocycles. The smallest absolute Gasteiger partial charge is 0.0653 e. The highest BCUT2D eigenvalue weighted by atomic mass is 16.3. The molecular formula is C15H26O. The van der Waals surface area contributed by atoms with Crippen molar-refractivity contribution in [3.8, 4) is 0 Å². The molecule has 0 aliphatic heterocycles. The van der Waals surface area contributed by atoms with E-state index in [1.54, 1.807) is 0 Å². The summed E-state index contributed by atoms with van der Waals surface area (Å²) in [5.74, 6) is 2.26. The second kappa shape index (κ2) is 2.85. The lowest BCUT2D eigenvalue weighted by molar-refractivity contribution is -0.100. The molecule has 0 amide bonds. The van der Waals surface area contributed by atoms with Gasteiger partial charge in [0, 0.05) is 0 Å². The van der Waals surface area contributed by atoms with Crippen LogP contribution in [0.25, 0.3) is 0 Å². The molecule has 4 fully saturated rings. The maximum absolute atomic E-state index is 10.8. The maximum atomic E-state index is 10.8. The SMILES string of the molecule is CC1(O)CCC2[C@H]3CC[C@]2(C)C[C@H]1C3(C)C. The fourth-order valence-electron chi connectivity index (χ4n) is 5.68. The molecule has 0 radical (unpaired) electrons. The van der Waals surface area contributed by atoms with Gasteiger partial charge in [-0.25, -0.2) is 0 Å². The van der Waals surface area contributed by atoms with Crippen LogP contribution < -0.4 is 0 Å². The van der Waals surface area contributed by atoms with E-state index in [9.17, 15) is 5.11 Å². The Labute approximate surface area is 99.6 Å². The van der Waals surface area contributed by atoms with Crippen LogP contribution in [0.5, 0.6) is 0 Å². The quantitative estimate of drug-likeness (QED) is 0.664. The van der Waals surface area contributed by atoms with Crippen LogP contribution in [-0.4, -0.2) is 10.7 Å². The summed E-state index contributed by atoms with van der Waals surface area (Å²) in [7, 11) is 0. The van der Waals surface area contributed by atoms with Crippen molar-refractivity contribution in [1.29, 1.82) is 0 Å². The van der Waals surface area contributed by atoms with Crippen LogP contribution in [0, 0.1) is 28.6 Å². The molecule has 1 nitrogen and oxygen atoms in total. The predicted octanol–water partition coefficient (Wildman–Crippen LogP) is 3.61. The number of hydrogen-bond acceptors (Lipinski definition) is 1. The number of hydrogen-bond donors (Lipinski definition) is 1. The van der Waals surface area contributed by atoms with E-state index in [-0.39, 0.29) is 0 Å². The van der Waals surface area contributed by atoms with Crippen LogP contribution in [-0.2, 0) is 0 Å². The fraction of sp³-hybridized carbons (Fsp3) is 1.00. The van der Waals surface area contributed by atoms with Gasteiger partial charge >= 0.3 is 0 Å². The average molecular weight is 222 g/mol. The normalized spacial score (nSPS) is 58.7. The van der Waals surface area contributed by atoms with Crippen LogP contribution in [0.15, 0.2) is 0 Å². The Bertz CT molecular complexity index is 317. The van der Waals surface area contributed by atoms with E-state index in [4.69, 9.17) is 0 Å². The zero-order valence-electron chi connectivity index (χ0n) is 11.2. The Morgan fingerprint density at radius 2 is 1.56 bits per heavy atom. The Balaban J connectivity index is 2.11. The second-order valence-corrected chi connectivity index (χ2v) is 7.88. The third-order valence-electron chi connectivity index (χ3n) is 6.64. The van der Waals surface area contributed by atoms with Crippen LogP contribution in [0.4, 0.5) is 0 Å². The first-order chi connectivity index (χ1) is 7.27. The van der Waals surface area contributed by atoms with Crippen molar-refractivity contribution in [2.45, 2.75) is 65.4 Å². The molecule has 2 unspecified atom stereocenters. The van der Waals surface area contributed by atoms with Gasteiger partial charge in [0.15, 0.2) is 0 Å². The molecule has 0 aromatic heterocycles. The van der Waals surface area contributed by atoms with Crippen molar-refractivity contribution < 1.29 is 5.11 Å². The molecule has 4 bridgehead atoms. The fourth-order valence-corrected chi connectivity index (χ4v) is 5.68. The first kappa shape index (κ1) is 11.1. The standard InChI is InChI=1S/C15H26O/c1-13(2)10-5-7-14(3)9-12(13)15(4,16)8-6-11(10)14/h10-12,16H,5-9H2,1-4H3/t10-,11?,12+,14-,15?/m1/s1. The molecule has 4 saturated carbocycles. The molecule has 0 heterocycles. The number of fused-ring (bicyclic) bond motifs is 2. The molecule has 0 saturated heterocycles. The summed E-state index contributed by atoms with van der Waals surface area (Å²) in [4.78, 5) is 0. The molecule has 4 aliphatic rings. The van der Waals surface area contributed by atoms with Crippen molar-refractivity contribution >= 4 is 0 Å². The minimum atomic E-state index is -0.418. The highest BCUT2D eigenvalue weighted by molar-refractivity contribution is 5.13. The summed E-state index contributed by atoms with van der Waals surface area (Å²) in [6.07, 6.45) is 6.35. The van der Waals surface area contributed by atoms with Crippen molar-refractivity contribution in [2.24, 2.45) is 28.6 Å². The van der Waals surface area contributed by atoms with Crippen molar-refractivity contribution in [2.75, 3.05) is 0 Å². The van der Waals surface area contributed by atoms with E-state index in [0.717, 1.165) is 18.3 Å². The van der Waals surface area contributed by atoms with Gasteiger partial charge in [-0.2, -0.15) is 0 Å². The van der Waals surface area contributed by atoms with Crippen LogP contribution >= 0.6 is 0 Å². The van der Waals surface area contributed by atoms with Gasteiger partial charge in [0.2, 0.25) is 0 Å². The molecule has 1 heteroatoms. The van der Waals surface area contributed by atoms with Crippen molar-refractivity contribution in [3.63, 3.8) is 0 Å². The first-order valence-corrected chi connectivity index (χ1v) is 7.00. The summed E-state index contributed by atoms with van der Waals surface area (Å²) in [5.41, 5.74) is 0.477. The van der Waals surface area contributed by atoms with E-state index in [1.165, 1.54) is 25.7 Å². The summed E-state index contributed by atoms with van der Waals surface area (Å²) in [6.45, 7) is 9.41. The summed E-state index contributed by atoms with van der Waals surface area (Å²) in [6, 6.07) is 0. The molecule has 4 rings (SSSR count). The van der Waals surface area contributed by atoms with Gasteiger partial charge in [0.05, 0.1) is 5.60 Å². The molecule has 0 spiro atoms. The first-order valence-electron chi connectivity index (χ1n) is 7.00. The van der Waals surface area contributed by atoms with Gasteiger partial charge in [-0.05, 0) is 67.6 Å². The minimum Gasteiger partial charge on any atom is -0.390 e. The van der Waals surface area contributed by atoms with Crippen molar-refractivity contribution in [3.05, 3.63) is 0 Å². The van der Waals surface area contributed by atoms with E-state index >= 15 is 0 Å². The molecule has 92 valence electrons. The van der Waals surface area contributed by atoms with Gasteiger partial charge in [0.25, 0.3) is 0 Å². The maximum Gasteiger partial charge on any atom is 0.0653 e. The molecule has 1 N–H and O–H groups in total. The summed E-state index contributed by atoms with van der Waals surface area (Å²) < 4.78 is 0. The van der Waals surface area contributed by atoms with E-state index in [1.807, 2.05) is 0 Å². The number of aliphatic hydroxyl groups is 1. The van der Waals surface area contributed by atoms with Gasteiger partial charge in [-0.3, -0.25) is 0 Å². The third-order valence-corrected chi connectivity index (χ3v) is 6.64. The van der Waals surface area contributed by atoms with Gasteiger partial charge < -0.3 is 5.11 Å². The Morgan fingerprint density at radius 1 is 0.938 bits per heavy atom. The van der Waals surface area contributed by atoms with Gasteiger partial charge in [-0.15, -0.1) is 0 Å². The van der Waals surface area contributed by atoms with E-state index in [0.29, 0.717) is 16.7 Å². The molecule has 4 aliphatic carbocycles. The largest absolute Gasteiger partial charge is 0.390 e. The Morgan fingerprint density at radius 3 is 2.25 bits per heavy atom. The van der Waals surface area contributed by atoms with Crippen LogP contribution in [0.1, 0.15) is 59.8 Å². The van der Waals surface area contributed by atoms with Crippen molar-refractivity contribution in [1.82, 2.24) is 0 Å². The van der Waals surface area contributed by atoms with E-state index in [2.05, 4.69) is 27.7 Å². The number of rotatable bonds is 0. The van der Waals surface area contributed by atoms with E-state index < -0.39 is 5.60 Å². The highest BCUT2D eigenvalue weighted by Crippen LogP contribution is 2.69. The van der Waals surface area contributed by atoms with Crippen LogP contribution in [0.3, 0.4) is 0 Å². The second-order valence-electron chi connectivity index (χ2n) is 7.88. The Hall–Kier alpha value is -0.0400. The lowest BCUT2D eigenvalue weighted by atomic mass is 9.53. The summed E-state index contributed by atoms with van der Waals surface area (Å²) >= 11 is 0. The molecule has 5 atom stereocenters. The van der Waals surface area contributed by atoms with Gasteiger partial charge in [0.1, 0.15) is 0 Å². The highest BCUT2D eigenvalue weighted by Gasteiger charge is 2.63.